The van der Waals surface area contributed by atoms with Gasteiger partial charge in [-0.25, -0.2) is 0 Å². The largest absolute Gasteiger partial charge is 0.393 e. The Balaban J connectivity index is 0.000000471. The van der Waals surface area contributed by atoms with E-state index >= 15 is 0 Å². The third kappa shape index (κ3) is 5.35. The molecule has 0 spiro atoms. The Kier molecular flexibility index (Phi) is 5.45. The molecule has 106 valence electrons. The summed E-state index contributed by atoms with van der Waals surface area (Å²) in [5, 5.41) is 17.6. The maximum absolute atomic E-state index is 10.5. The lowest BCUT2D eigenvalue weighted by atomic mass is 10.0. The maximum Gasteiger partial charge on any atom is 0.292 e. The van der Waals surface area contributed by atoms with E-state index in [9.17, 15) is 10.1 Å². The Morgan fingerprint density at radius 1 is 1.32 bits per heavy atom. The molecule has 0 aliphatic rings. The first kappa shape index (κ1) is 16.9. The number of rotatable bonds is 1. The summed E-state index contributed by atoms with van der Waals surface area (Å²) < 4.78 is 0. The lowest BCUT2D eigenvalue weighted by Gasteiger charge is -2.05. The molecule has 0 unspecified atom stereocenters. The van der Waals surface area contributed by atoms with Crippen molar-refractivity contribution in [2.45, 2.75) is 27.7 Å². The number of H-pyrrole nitrogens is 1. The highest BCUT2D eigenvalue weighted by Gasteiger charge is 2.12. The molecule has 0 aliphatic carbocycles. The molecule has 7 heteroatoms. The van der Waals surface area contributed by atoms with Gasteiger partial charge in [0.05, 0.1) is 16.6 Å². The van der Waals surface area contributed by atoms with Crippen molar-refractivity contribution < 1.29 is 4.92 Å². The van der Waals surface area contributed by atoms with E-state index in [4.69, 9.17) is 5.73 Å². The number of aromatic amines is 1. The van der Waals surface area contributed by atoms with Gasteiger partial charge < -0.3 is 11.9 Å². The lowest BCUT2D eigenvalue weighted by Crippen LogP contribution is -1.94. The molecule has 0 amide bonds. The number of hydrogen-bond donors (Lipinski definition) is 3. The molecule has 19 heavy (non-hydrogen) atoms. The number of benzene rings is 1. The summed E-state index contributed by atoms with van der Waals surface area (Å²) in [4.78, 5) is 9.97. The smallest absolute Gasteiger partial charge is 0.292 e. The van der Waals surface area contributed by atoms with Crippen LogP contribution in [0.4, 0.5) is 11.4 Å². The summed E-state index contributed by atoms with van der Waals surface area (Å²) in [5.41, 5.74) is 6.71. The van der Waals surface area contributed by atoms with Gasteiger partial charge in [0.15, 0.2) is 0 Å². The first-order chi connectivity index (χ1) is 8.18. The first-order valence-electron chi connectivity index (χ1n) is 5.55. The third-order valence-electron chi connectivity index (χ3n) is 1.78. The molecular formula is C12H21N5O2. The Hall–Kier alpha value is -2.15. The monoisotopic (exact) mass is 267 g/mol. The van der Waals surface area contributed by atoms with Crippen molar-refractivity contribution in [1.29, 1.82) is 0 Å². The fourth-order valence-corrected chi connectivity index (χ4v) is 1.15. The summed E-state index contributed by atoms with van der Waals surface area (Å²) in [6.07, 6.45) is 1.52. The molecule has 0 radical (unpaired) electrons. The van der Waals surface area contributed by atoms with E-state index in [0.29, 0.717) is 16.3 Å². The van der Waals surface area contributed by atoms with Crippen molar-refractivity contribution >= 4 is 22.3 Å². The van der Waals surface area contributed by atoms with Crippen LogP contribution in [-0.4, -0.2) is 15.1 Å². The minimum atomic E-state index is -0.512. The number of nitro groups is 1. The summed E-state index contributed by atoms with van der Waals surface area (Å²) in [7, 11) is 0. The van der Waals surface area contributed by atoms with Gasteiger partial charge in [-0.1, -0.05) is 27.7 Å². The molecule has 1 aromatic heterocycles. The molecule has 0 fully saturated rings. The molecule has 0 saturated heterocycles. The minimum Gasteiger partial charge on any atom is -0.393 e. The van der Waals surface area contributed by atoms with E-state index in [1.54, 1.807) is 0 Å². The normalized spacial score (nSPS) is 10.3. The average molecular weight is 267 g/mol. The number of nitrogen functional groups attached to an aromatic ring is 1. The predicted molar refractivity (Wildman–Crippen MR) is 77.3 cm³/mol. The van der Waals surface area contributed by atoms with E-state index in [2.05, 4.69) is 37.9 Å². The Morgan fingerprint density at radius 3 is 2.32 bits per heavy atom. The predicted octanol–water partition coefficient (Wildman–Crippen LogP) is 3.27. The van der Waals surface area contributed by atoms with E-state index in [-0.39, 0.29) is 17.5 Å². The topological polar surface area (TPSA) is 133 Å². The van der Waals surface area contributed by atoms with Gasteiger partial charge in [0, 0.05) is 11.5 Å². The molecule has 1 aromatic carbocycles. The fourth-order valence-electron chi connectivity index (χ4n) is 1.15. The number of fused-ring (bicyclic) bond motifs is 1. The second kappa shape index (κ2) is 6.14. The molecule has 1 heterocycles. The zero-order valence-corrected chi connectivity index (χ0v) is 11.7. The van der Waals surface area contributed by atoms with Crippen molar-refractivity contribution in [3.05, 3.63) is 28.4 Å². The van der Waals surface area contributed by atoms with Crippen LogP contribution in [0.5, 0.6) is 0 Å². The number of nitrogens with zero attached hydrogens (tertiary/aromatic N) is 2. The summed E-state index contributed by atoms with van der Waals surface area (Å²) in [6, 6.07) is 2.90. The molecule has 0 bridgehead atoms. The van der Waals surface area contributed by atoms with E-state index in [0.717, 1.165) is 0 Å². The summed E-state index contributed by atoms with van der Waals surface area (Å²) in [5.74, 6) is 0. The number of hydrogen-bond acceptors (Lipinski definition) is 5. The highest BCUT2D eigenvalue weighted by Crippen LogP contribution is 2.26. The van der Waals surface area contributed by atoms with Crippen LogP contribution in [0.2, 0.25) is 0 Å². The lowest BCUT2D eigenvalue weighted by molar-refractivity contribution is -0.383. The molecule has 7 nitrogen and oxygen atoms in total. The van der Waals surface area contributed by atoms with Gasteiger partial charge in [-0.3, -0.25) is 15.2 Å². The highest BCUT2D eigenvalue weighted by atomic mass is 16.6. The van der Waals surface area contributed by atoms with E-state index < -0.39 is 4.92 Å². The van der Waals surface area contributed by atoms with Crippen LogP contribution >= 0.6 is 0 Å². The van der Waals surface area contributed by atoms with Gasteiger partial charge in [-0.05, 0) is 11.5 Å². The highest BCUT2D eigenvalue weighted by molar-refractivity contribution is 5.86. The van der Waals surface area contributed by atoms with Gasteiger partial charge in [0.1, 0.15) is 5.69 Å². The molecule has 2 aromatic rings. The maximum atomic E-state index is 10.5. The van der Waals surface area contributed by atoms with Crippen molar-refractivity contribution in [3.8, 4) is 0 Å². The molecule has 0 atom stereocenters. The fraction of sp³-hybridized carbons (Fsp3) is 0.417. The number of nitro benzene ring substituents is 1. The van der Waals surface area contributed by atoms with Gasteiger partial charge in [0.25, 0.3) is 5.69 Å². The average Bonchev–Trinajstić information content (AvgIpc) is 2.60. The van der Waals surface area contributed by atoms with Gasteiger partial charge in [0.2, 0.25) is 0 Å². The second-order valence-electron chi connectivity index (χ2n) is 5.63. The summed E-state index contributed by atoms with van der Waals surface area (Å²) >= 11 is 0. The van der Waals surface area contributed by atoms with Crippen LogP contribution in [0, 0.1) is 15.5 Å². The van der Waals surface area contributed by atoms with Crippen molar-refractivity contribution in [1.82, 2.24) is 16.3 Å². The van der Waals surface area contributed by atoms with Crippen LogP contribution < -0.4 is 11.9 Å². The second-order valence-corrected chi connectivity index (χ2v) is 5.63. The Labute approximate surface area is 111 Å². The third-order valence-corrected chi connectivity index (χ3v) is 1.78. The number of nitrogens with one attached hydrogen (secondary N) is 1. The molecule has 6 N–H and O–H groups in total. The van der Waals surface area contributed by atoms with Gasteiger partial charge >= 0.3 is 0 Å². The van der Waals surface area contributed by atoms with E-state index in [1.807, 2.05) is 0 Å². The molecule has 2 rings (SSSR count). The van der Waals surface area contributed by atoms with Crippen molar-refractivity contribution in [2.24, 2.45) is 5.41 Å². The standard InChI is InChI=1S/C7H6N4O2.C5H12.H3N/c8-5-2-6-4(3-9-10-6)1-7(5)11(12)13;1-5(2,3)4;/h1-3H,8H2,(H,9,10);1-4H3;1H3. The zero-order valence-electron chi connectivity index (χ0n) is 11.7. The van der Waals surface area contributed by atoms with Gasteiger partial charge in [-0.2, -0.15) is 5.10 Å². The molecule has 0 saturated carbocycles. The molecular weight excluding hydrogens is 246 g/mol. The number of nitrogens with two attached hydrogens (primary N) is 1. The SMILES string of the molecule is CC(C)(C)C.N.Nc1cc2[nH]ncc2cc1[N+](=O)[O-]. The van der Waals surface area contributed by atoms with Crippen LogP contribution in [0.15, 0.2) is 18.3 Å². The number of aromatic nitrogens is 2. The zero-order chi connectivity index (χ0) is 13.9. The molecule has 0 aliphatic heterocycles. The summed E-state index contributed by atoms with van der Waals surface area (Å²) in [6.45, 7) is 8.75. The van der Waals surface area contributed by atoms with Crippen molar-refractivity contribution in [3.63, 3.8) is 0 Å². The minimum absolute atomic E-state index is 0. The van der Waals surface area contributed by atoms with Crippen LogP contribution in [0.1, 0.15) is 27.7 Å². The van der Waals surface area contributed by atoms with Crippen LogP contribution in [0.25, 0.3) is 10.9 Å². The Bertz CT molecular complexity index is 551. The van der Waals surface area contributed by atoms with Crippen LogP contribution in [-0.2, 0) is 0 Å². The first-order valence-corrected chi connectivity index (χ1v) is 5.55. The number of anilines is 1. The van der Waals surface area contributed by atoms with E-state index in [1.165, 1.54) is 18.3 Å². The van der Waals surface area contributed by atoms with Crippen LogP contribution in [0.3, 0.4) is 0 Å². The quantitative estimate of drug-likeness (QED) is 0.414. The Morgan fingerprint density at radius 2 is 1.84 bits per heavy atom. The van der Waals surface area contributed by atoms with Crippen molar-refractivity contribution in [2.75, 3.05) is 5.73 Å². The van der Waals surface area contributed by atoms with Gasteiger partial charge in [-0.15, -0.1) is 0 Å².